The summed E-state index contributed by atoms with van der Waals surface area (Å²) in [6.45, 7) is 0.621. The molecule has 0 spiro atoms. The van der Waals surface area contributed by atoms with E-state index in [1.165, 1.54) is 12.5 Å². The fourth-order valence-electron chi connectivity index (χ4n) is 9.67. The molecule has 16 N–H and O–H groups in total. The number of nitrogens with one attached hydrogen (secondary N) is 9. The number of carboxylic acids is 1. The number of aromatic nitrogens is 2. The summed E-state index contributed by atoms with van der Waals surface area (Å²) < 4.78 is 0. The zero-order chi connectivity index (χ0) is 60.0. The Morgan fingerprint density at radius 2 is 0.952 bits per heavy atom. The van der Waals surface area contributed by atoms with E-state index in [1.807, 2.05) is 0 Å². The molecule has 83 heavy (non-hydrogen) atoms. The smallest absolute Gasteiger partial charge is 0.326 e. The summed E-state index contributed by atoms with van der Waals surface area (Å²) in [6, 6.07) is 12.5. The molecule has 2 aliphatic rings. The van der Waals surface area contributed by atoms with Crippen LogP contribution < -0.4 is 59.7 Å². The number of amides is 11. The van der Waals surface area contributed by atoms with Crippen molar-refractivity contribution in [3.05, 3.63) is 126 Å². The van der Waals surface area contributed by atoms with Crippen LogP contribution in [-0.2, 0) is 83.2 Å². The van der Waals surface area contributed by atoms with Gasteiger partial charge in [-0.1, -0.05) is 91.0 Å². The number of H-pyrrole nitrogens is 1. The lowest BCUT2D eigenvalue weighted by molar-refractivity contribution is -0.149. The maximum Gasteiger partial charge on any atom is 0.326 e. The number of carboxylic acid groups (broad SMARTS) is 1. The lowest BCUT2D eigenvalue weighted by atomic mass is 10.0. The van der Waals surface area contributed by atoms with Crippen LogP contribution in [0.2, 0.25) is 0 Å². The van der Waals surface area contributed by atoms with Gasteiger partial charge in [0.1, 0.15) is 48.3 Å². The molecule has 27 nitrogen and oxygen atoms in total. The highest BCUT2D eigenvalue weighted by Gasteiger charge is 2.40. The van der Waals surface area contributed by atoms with Crippen LogP contribution in [0.3, 0.4) is 0 Å². The number of carbonyl (C=O) groups excluding carboxylic acids is 11. The average Bonchev–Trinajstić information content (AvgIpc) is 4.53. The summed E-state index contributed by atoms with van der Waals surface area (Å²) in [6.07, 6.45) is 1.42. The summed E-state index contributed by atoms with van der Waals surface area (Å²) in [5.41, 5.74) is 18.5. The van der Waals surface area contributed by atoms with Crippen molar-refractivity contribution in [2.75, 3.05) is 13.1 Å². The van der Waals surface area contributed by atoms with Crippen LogP contribution in [0, 0.1) is 0 Å². The molecular formula is C56H70N14O13. The van der Waals surface area contributed by atoms with E-state index < -0.39 is 138 Å². The second kappa shape index (κ2) is 30.9. The first-order valence-corrected chi connectivity index (χ1v) is 27.1. The Bertz CT molecular complexity index is 2930. The normalized spacial score (nSPS) is 17.1. The quantitative estimate of drug-likeness (QED) is 0.0238. The second-order valence-electron chi connectivity index (χ2n) is 20.3. The highest BCUT2D eigenvalue weighted by Crippen LogP contribution is 2.20. The van der Waals surface area contributed by atoms with Gasteiger partial charge < -0.3 is 74.7 Å². The van der Waals surface area contributed by atoms with E-state index in [1.54, 1.807) is 91.0 Å². The van der Waals surface area contributed by atoms with Gasteiger partial charge in [-0.3, -0.25) is 52.7 Å². The van der Waals surface area contributed by atoms with Gasteiger partial charge in [0.2, 0.25) is 65.0 Å². The third kappa shape index (κ3) is 19.6. The lowest BCUT2D eigenvalue weighted by Crippen LogP contribution is -2.61. The molecule has 0 saturated carbocycles. The SMILES string of the molecule is NC(=O)CC[C@H](NC(=O)[C@H](Cc1ccccc1)NC(=O)[C@H](CC(N)=O)NC(=O)[C@H](Cc1ccccc1)NC(=O)[C@H](Cc1cnc[nH]1)NC(=O)[C@H](Cc1ccccc1)NC(=O)[C@H](CC(N)=O)NC(=O)[C@@H]1CCCN1)C(=O)N1CCC[C@H]1C(=O)O. The Morgan fingerprint density at radius 1 is 0.530 bits per heavy atom. The van der Waals surface area contributed by atoms with Crippen LogP contribution >= 0.6 is 0 Å². The molecule has 6 rings (SSSR count). The van der Waals surface area contributed by atoms with Crippen molar-refractivity contribution in [1.29, 1.82) is 0 Å². The van der Waals surface area contributed by atoms with Crippen LogP contribution in [0.4, 0.5) is 0 Å². The minimum atomic E-state index is -1.81. The predicted octanol–water partition coefficient (Wildman–Crippen LogP) is -3.08. The van der Waals surface area contributed by atoms with Crippen molar-refractivity contribution in [3.8, 4) is 0 Å². The van der Waals surface area contributed by atoms with E-state index in [-0.39, 0.29) is 51.5 Å². The number of nitrogens with two attached hydrogens (primary N) is 3. The molecule has 3 aromatic carbocycles. The van der Waals surface area contributed by atoms with E-state index in [0.717, 1.165) is 4.90 Å². The number of benzene rings is 3. The largest absolute Gasteiger partial charge is 0.480 e. The predicted molar refractivity (Wildman–Crippen MR) is 296 cm³/mol. The number of likely N-dealkylation sites (tertiary alicyclic amines) is 1. The first-order valence-electron chi connectivity index (χ1n) is 27.1. The molecule has 2 aliphatic heterocycles. The summed E-state index contributed by atoms with van der Waals surface area (Å²) >= 11 is 0. The van der Waals surface area contributed by atoms with Crippen LogP contribution in [0.25, 0.3) is 0 Å². The lowest BCUT2D eigenvalue weighted by Gasteiger charge is -2.29. The number of carbonyl (C=O) groups is 12. The highest BCUT2D eigenvalue weighted by molar-refractivity contribution is 6.00. The Balaban J connectivity index is 1.26. The zero-order valence-electron chi connectivity index (χ0n) is 45.4. The molecule has 9 atom stereocenters. The number of primary amides is 3. The average molecular weight is 1150 g/mol. The summed E-state index contributed by atoms with van der Waals surface area (Å²) in [5, 5.41) is 30.9. The van der Waals surface area contributed by atoms with Crippen LogP contribution in [-0.4, -0.2) is 158 Å². The highest BCUT2D eigenvalue weighted by atomic mass is 16.4. The number of aromatic amines is 1. The van der Waals surface area contributed by atoms with Crippen molar-refractivity contribution in [3.63, 3.8) is 0 Å². The molecule has 3 heterocycles. The van der Waals surface area contributed by atoms with Gasteiger partial charge in [-0.05, 0) is 55.3 Å². The zero-order valence-corrected chi connectivity index (χ0v) is 45.4. The first-order chi connectivity index (χ1) is 39.7. The van der Waals surface area contributed by atoms with Crippen LogP contribution in [0.1, 0.15) is 73.8 Å². The second-order valence-corrected chi connectivity index (χ2v) is 20.3. The number of hydrogen-bond acceptors (Lipinski definition) is 14. The first kappa shape index (κ1) is 62.7. The van der Waals surface area contributed by atoms with Gasteiger partial charge in [0, 0.05) is 50.5 Å². The van der Waals surface area contributed by atoms with E-state index >= 15 is 0 Å². The number of rotatable bonds is 31. The van der Waals surface area contributed by atoms with E-state index in [4.69, 9.17) is 17.2 Å². The molecule has 2 fully saturated rings. The fourth-order valence-corrected chi connectivity index (χ4v) is 9.67. The van der Waals surface area contributed by atoms with Gasteiger partial charge in [0.05, 0.1) is 25.2 Å². The molecule has 0 unspecified atom stereocenters. The molecule has 27 heteroatoms. The Kier molecular flexibility index (Phi) is 23.3. The standard InChI is InChI=1S/C56H70N14O13/c57-45(71)21-20-37(55(81)70-23-11-19-44(70)56(82)83)63-49(75)38(24-32-12-4-1-5-13-32)65-54(80)43(29-47(59)73)69-51(77)40(26-34-16-8-3-9-17-34)64-52(78)41(27-35-30-60-31-62-35)67-50(76)39(25-33-14-6-2-7-15-33)66-53(79)42(28-46(58)72)68-48(74)36-18-10-22-61-36/h1-9,12-17,30-31,36-44,61H,10-11,18-29H2,(H2,57,71)(H2,58,72)(H2,59,73)(H,60,62)(H,63,75)(H,64,78)(H,65,80)(H,66,79)(H,67,76)(H,68,74)(H,69,77)(H,82,83)/t36-,37-,38-,39-,40-,41-,42-,43-,44-/m0/s1. The summed E-state index contributed by atoms with van der Waals surface area (Å²) in [5.74, 6) is -11.3. The number of aliphatic carboxylic acids is 1. The maximum absolute atomic E-state index is 14.7. The Labute approximate surface area is 477 Å². The molecule has 442 valence electrons. The molecule has 11 amide bonds. The van der Waals surface area contributed by atoms with Gasteiger partial charge in [0.25, 0.3) is 0 Å². The van der Waals surface area contributed by atoms with Gasteiger partial charge in [-0.15, -0.1) is 0 Å². The molecule has 1 aromatic heterocycles. The fraction of sp³-hybridized carbons (Fsp3) is 0.411. The van der Waals surface area contributed by atoms with E-state index in [0.29, 0.717) is 48.2 Å². The van der Waals surface area contributed by atoms with Crippen LogP contribution in [0.5, 0.6) is 0 Å². The molecule has 4 aromatic rings. The number of nitrogens with zero attached hydrogens (tertiary/aromatic N) is 2. The number of hydrogen-bond donors (Lipinski definition) is 13. The number of imidazole rings is 1. The van der Waals surface area contributed by atoms with Crippen molar-refractivity contribution in [2.24, 2.45) is 17.2 Å². The topological polar surface area (TPSA) is 431 Å². The van der Waals surface area contributed by atoms with E-state index in [2.05, 4.69) is 52.5 Å². The van der Waals surface area contributed by atoms with E-state index in [9.17, 15) is 62.6 Å². The Morgan fingerprint density at radius 3 is 1.35 bits per heavy atom. The van der Waals surface area contributed by atoms with Crippen molar-refractivity contribution in [1.82, 2.24) is 57.4 Å². The summed E-state index contributed by atoms with van der Waals surface area (Å²) in [4.78, 5) is 170. The van der Waals surface area contributed by atoms with Gasteiger partial charge >= 0.3 is 5.97 Å². The third-order valence-corrected chi connectivity index (χ3v) is 13.9. The third-order valence-electron chi connectivity index (χ3n) is 13.9. The molecular weight excluding hydrogens is 1080 g/mol. The minimum absolute atomic E-state index is 0.0560. The van der Waals surface area contributed by atoms with Crippen LogP contribution in [0.15, 0.2) is 104 Å². The molecule has 2 saturated heterocycles. The molecule has 0 radical (unpaired) electrons. The van der Waals surface area contributed by atoms with Gasteiger partial charge in [0.15, 0.2) is 0 Å². The monoisotopic (exact) mass is 1150 g/mol. The van der Waals surface area contributed by atoms with Crippen molar-refractivity contribution < 1.29 is 62.6 Å². The molecule has 0 aliphatic carbocycles. The maximum atomic E-state index is 14.7. The Hall–Kier alpha value is -9.53. The van der Waals surface area contributed by atoms with Crippen molar-refractivity contribution in [2.45, 2.75) is 131 Å². The minimum Gasteiger partial charge on any atom is -0.480 e. The van der Waals surface area contributed by atoms with Gasteiger partial charge in [-0.2, -0.15) is 0 Å². The summed E-state index contributed by atoms with van der Waals surface area (Å²) in [7, 11) is 0. The van der Waals surface area contributed by atoms with Crippen molar-refractivity contribution >= 4 is 70.9 Å². The molecule has 0 bridgehead atoms. The van der Waals surface area contributed by atoms with Gasteiger partial charge in [-0.25, -0.2) is 9.78 Å².